The van der Waals surface area contributed by atoms with Crippen LogP contribution in [0.1, 0.15) is 13.3 Å². The summed E-state index contributed by atoms with van der Waals surface area (Å²) in [6, 6.07) is 5.16. The van der Waals surface area contributed by atoms with Gasteiger partial charge in [-0.3, -0.25) is 9.36 Å². The fraction of sp³-hybridized carbons (Fsp3) is 0.273. The van der Waals surface area contributed by atoms with Crippen LogP contribution in [0.2, 0.25) is 5.02 Å². The molecule has 15 heavy (non-hydrogen) atoms. The van der Waals surface area contributed by atoms with Gasteiger partial charge in [0.1, 0.15) is 0 Å². The molecule has 0 atom stereocenters. The molecule has 0 bridgehead atoms. The van der Waals surface area contributed by atoms with Crippen molar-refractivity contribution in [2.75, 3.05) is 0 Å². The zero-order valence-corrected chi connectivity index (χ0v) is 9.16. The van der Waals surface area contributed by atoms with Crippen LogP contribution in [0.15, 0.2) is 29.3 Å². The van der Waals surface area contributed by atoms with Gasteiger partial charge in [-0.25, -0.2) is 4.98 Å². The fourth-order valence-electron chi connectivity index (χ4n) is 1.53. The van der Waals surface area contributed by atoms with Gasteiger partial charge in [-0.2, -0.15) is 0 Å². The maximum atomic E-state index is 11.9. The smallest absolute Gasteiger partial charge is 0.261 e. The van der Waals surface area contributed by atoms with Crippen molar-refractivity contribution in [3.63, 3.8) is 0 Å². The number of nitrogens with zero attached hydrogens (tertiary/aromatic N) is 2. The van der Waals surface area contributed by atoms with Crippen LogP contribution in [-0.4, -0.2) is 9.55 Å². The molecule has 78 valence electrons. The first-order chi connectivity index (χ1) is 7.22. The Bertz CT molecular complexity index is 548. The predicted molar refractivity (Wildman–Crippen MR) is 61.3 cm³/mol. The molecule has 4 heteroatoms. The number of halogens is 1. The minimum absolute atomic E-state index is 0.0237. The summed E-state index contributed by atoms with van der Waals surface area (Å²) in [7, 11) is 0. The van der Waals surface area contributed by atoms with E-state index in [1.54, 1.807) is 29.1 Å². The Morgan fingerprint density at radius 3 is 3.00 bits per heavy atom. The second kappa shape index (κ2) is 4.03. The molecule has 0 N–H and O–H groups in total. The van der Waals surface area contributed by atoms with Crippen molar-refractivity contribution in [1.82, 2.24) is 9.55 Å². The number of aryl methyl sites for hydroxylation is 1. The van der Waals surface area contributed by atoms with E-state index in [1.807, 2.05) is 6.92 Å². The molecule has 0 saturated heterocycles. The summed E-state index contributed by atoms with van der Waals surface area (Å²) in [4.78, 5) is 16.1. The summed E-state index contributed by atoms with van der Waals surface area (Å²) >= 11 is 5.84. The summed E-state index contributed by atoms with van der Waals surface area (Å²) in [5, 5.41) is 1.15. The van der Waals surface area contributed by atoms with E-state index < -0.39 is 0 Å². The zero-order chi connectivity index (χ0) is 10.8. The standard InChI is InChI=1S/C11H11ClN2O/c1-2-5-14-7-13-10-4-3-8(12)6-9(10)11(14)15/h3-4,6-7H,2,5H2,1H3. The van der Waals surface area contributed by atoms with Gasteiger partial charge in [-0.05, 0) is 24.6 Å². The fourth-order valence-corrected chi connectivity index (χ4v) is 1.70. The minimum atomic E-state index is -0.0237. The molecule has 0 unspecified atom stereocenters. The van der Waals surface area contributed by atoms with Crippen molar-refractivity contribution in [2.45, 2.75) is 19.9 Å². The monoisotopic (exact) mass is 222 g/mol. The Labute approximate surface area is 92.3 Å². The Morgan fingerprint density at radius 2 is 2.27 bits per heavy atom. The highest BCUT2D eigenvalue weighted by Crippen LogP contribution is 2.13. The van der Waals surface area contributed by atoms with Crippen molar-refractivity contribution < 1.29 is 0 Å². The minimum Gasteiger partial charge on any atom is -0.299 e. The molecule has 1 aromatic heterocycles. The third-order valence-electron chi connectivity index (χ3n) is 2.25. The first-order valence-corrected chi connectivity index (χ1v) is 5.25. The van der Waals surface area contributed by atoms with E-state index in [2.05, 4.69) is 4.98 Å². The van der Waals surface area contributed by atoms with Gasteiger partial charge >= 0.3 is 0 Å². The average molecular weight is 223 g/mol. The molecular weight excluding hydrogens is 212 g/mol. The van der Waals surface area contributed by atoms with E-state index in [0.717, 1.165) is 6.42 Å². The SMILES string of the molecule is CCCn1cnc2ccc(Cl)cc2c1=O. The third-order valence-corrected chi connectivity index (χ3v) is 2.49. The highest BCUT2D eigenvalue weighted by atomic mass is 35.5. The van der Waals surface area contributed by atoms with E-state index in [9.17, 15) is 4.79 Å². The Balaban J connectivity index is 2.71. The van der Waals surface area contributed by atoms with Crippen LogP contribution in [0.4, 0.5) is 0 Å². The highest BCUT2D eigenvalue weighted by molar-refractivity contribution is 6.31. The Kier molecular flexibility index (Phi) is 2.73. The molecule has 2 rings (SSSR count). The zero-order valence-electron chi connectivity index (χ0n) is 8.40. The van der Waals surface area contributed by atoms with Crippen LogP contribution >= 0.6 is 11.6 Å². The molecule has 3 nitrogen and oxygen atoms in total. The predicted octanol–water partition coefficient (Wildman–Crippen LogP) is 2.46. The van der Waals surface area contributed by atoms with Gasteiger partial charge in [0, 0.05) is 11.6 Å². The van der Waals surface area contributed by atoms with Crippen LogP contribution in [0.3, 0.4) is 0 Å². The first-order valence-electron chi connectivity index (χ1n) is 4.87. The van der Waals surface area contributed by atoms with Gasteiger partial charge < -0.3 is 0 Å². The lowest BCUT2D eigenvalue weighted by molar-refractivity contribution is 0.648. The number of benzene rings is 1. The number of rotatable bonds is 2. The van der Waals surface area contributed by atoms with Gasteiger partial charge in [0.15, 0.2) is 0 Å². The lowest BCUT2D eigenvalue weighted by Gasteiger charge is -2.04. The number of fused-ring (bicyclic) bond motifs is 1. The molecule has 2 aromatic rings. The highest BCUT2D eigenvalue weighted by Gasteiger charge is 2.03. The van der Waals surface area contributed by atoms with Gasteiger partial charge in [0.05, 0.1) is 17.2 Å². The van der Waals surface area contributed by atoms with E-state index in [4.69, 9.17) is 11.6 Å². The van der Waals surface area contributed by atoms with E-state index in [1.165, 1.54) is 0 Å². The van der Waals surface area contributed by atoms with Gasteiger partial charge in [-0.15, -0.1) is 0 Å². The summed E-state index contributed by atoms with van der Waals surface area (Å²) in [5.74, 6) is 0. The Hall–Kier alpha value is -1.35. The lowest BCUT2D eigenvalue weighted by Crippen LogP contribution is -2.20. The molecule has 1 aromatic carbocycles. The molecule has 1 heterocycles. The van der Waals surface area contributed by atoms with Gasteiger partial charge in [0.25, 0.3) is 5.56 Å². The second-order valence-corrected chi connectivity index (χ2v) is 3.84. The van der Waals surface area contributed by atoms with Crippen molar-refractivity contribution in [1.29, 1.82) is 0 Å². The molecule has 0 spiro atoms. The maximum absolute atomic E-state index is 11.9. The third kappa shape index (κ3) is 1.88. The molecule has 0 aliphatic heterocycles. The summed E-state index contributed by atoms with van der Waals surface area (Å²) < 4.78 is 1.61. The van der Waals surface area contributed by atoms with Crippen molar-refractivity contribution in [3.8, 4) is 0 Å². The first kappa shape index (κ1) is 10.2. The van der Waals surface area contributed by atoms with Crippen LogP contribution in [0, 0.1) is 0 Å². The molecule has 0 radical (unpaired) electrons. The second-order valence-electron chi connectivity index (χ2n) is 3.40. The van der Waals surface area contributed by atoms with Crippen molar-refractivity contribution >= 4 is 22.5 Å². The van der Waals surface area contributed by atoms with Gasteiger partial charge in [-0.1, -0.05) is 18.5 Å². The largest absolute Gasteiger partial charge is 0.299 e. The van der Waals surface area contributed by atoms with Crippen molar-refractivity contribution in [3.05, 3.63) is 39.9 Å². The van der Waals surface area contributed by atoms with Gasteiger partial charge in [0.2, 0.25) is 0 Å². The topological polar surface area (TPSA) is 34.9 Å². The number of hydrogen-bond donors (Lipinski definition) is 0. The van der Waals surface area contributed by atoms with E-state index in [0.29, 0.717) is 22.5 Å². The summed E-state index contributed by atoms with van der Waals surface area (Å²) in [6.45, 7) is 2.71. The molecular formula is C11H11ClN2O. The quantitative estimate of drug-likeness (QED) is 0.783. The van der Waals surface area contributed by atoms with Crippen molar-refractivity contribution in [2.24, 2.45) is 0 Å². The van der Waals surface area contributed by atoms with Crippen LogP contribution in [-0.2, 0) is 6.54 Å². The lowest BCUT2D eigenvalue weighted by atomic mass is 10.2. The Morgan fingerprint density at radius 1 is 1.47 bits per heavy atom. The van der Waals surface area contributed by atoms with Crippen LogP contribution < -0.4 is 5.56 Å². The summed E-state index contributed by atoms with van der Waals surface area (Å²) in [6.07, 6.45) is 2.50. The number of aromatic nitrogens is 2. The maximum Gasteiger partial charge on any atom is 0.261 e. The molecule has 0 amide bonds. The molecule has 0 saturated carbocycles. The molecule has 0 aliphatic rings. The van der Waals surface area contributed by atoms with E-state index >= 15 is 0 Å². The van der Waals surface area contributed by atoms with Crippen LogP contribution in [0.5, 0.6) is 0 Å². The van der Waals surface area contributed by atoms with E-state index in [-0.39, 0.29) is 5.56 Å². The average Bonchev–Trinajstić information content (AvgIpc) is 2.23. The normalized spacial score (nSPS) is 10.8. The molecule has 0 aliphatic carbocycles. The summed E-state index contributed by atoms with van der Waals surface area (Å²) in [5.41, 5.74) is 0.668. The van der Waals surface area contributed by atoms with Crippen LogP contribution in [0.25, 0.3) is 10.9 Å². The number of hydrogen-bond acceptors (Lipinski definition) is 2. The molecule has 0 fully saturated rings.